The number of hydrogen-bond acceptors (Lipinski definition) is 0. The van der Waals surface area contributed by atoms with Gasteiger partial charge in [0.05, 0.1) is 0 Å². The summed E-state index contributed by atoms with van der Waals surface area (Å²) in [5.41, 5.74) is 0. The van der Waals surface area contributed by atoms with Gasteiger partial charge in [-0.15, -0.1) is 11.8 Å². The van der Waals surface area contributed by atoms with Crippen LogP contribution in [0.15, 0.2) is 0 Å². The Labute approximate surface area is 71.4 Å². The lowest BCUT2D eigenvalue weighted by Crippen LogP contribution is -1.96. The zero-order chi connectivity index (χ0) is 8.69. The van der Waals surface area contributed by atoms with Gasteiger partial charge in [-0.05, 0) is 18.8 Å². The van der Waals surface area contributed by atoms with Gasteiger partial charge >= 0.3 is 0 Å². The molecule has 2 unspecified atom stereocenters. The van der Waals surface area contributed by atoms with Gasteiger partial charge in [-0.3, -0.25) is 0 Å². The smallest absolute Gasteiger partial charge is 0.0177 e. The Morgan fingerprint density at radius 1 is 1.36 bits per heavy atom. The predicted molar refractivity (Wildman–Crippen MR) is 51.0 cm³/mol. The van der Waals surface area contributed by atoms with Crippen LogP contribution >= 0.6 is 0 Å². The second kappa shape index (κ2) is 6.28. The monoisotopic (exact) mass is 151 g/mol. The molecular formula is C11H19. The average Bonchev–Trinajstić information content (AvgIpc) is 1.86. The van der Waals surface area contributed by atoms with Gasteiger partial charge in [-0.25, -0.2) is 0 Å². The Hall–Kier alpha value is -0.440. The van der Waals surface area contributed by atoms with Crippen molar-refractivity contribution in [3.63, 3.8) is 0 Å². The highest BCUT2D eigenvalue weighted by molar-refractivity contribution is 5.02. The van der Waals surface area contributed by atoms with Crippen LogP contribution in [-0.2, 0) is 0 Å². The molecule has 11 heavy (non-hydrogen) atoms. The second-order valence-corrected chi connectivity index (χ2v) is 3.31. The lowest BCUT2D eigenvalue weighted by atomic mass is 9.99. The molecule has 2 atom stereocenters. The Kier molecular flexibility index (Phi) is 6.03. The topological polar surface area (TPSA) is 0 Å². The van der Waals surface area contributed by atoms with Gasteiger partial charge in [0.2, 0.25) is 0 Å². The maximum Gasteiger partial charge on any atom is 0.0177 e. The molecule has 0 aliphatic heterocycles. The molecule has 0 amide bonds. The minimum absolute atomic E-state index is 0.522. The molecule has 0 rings (SSSR count). The lowest BCUT2D eigenvalue weighted by Gasteiger charge is -2.05. The normalized spacial score (nSPS) is 12.5. The molecule has 0 N–H and O–H groups in total. The fourth-order valence-electron chi connectivity index (χ4n) is 1.03. The molecular weight excluding hydrogens is 132 g/mol. The molecule has 0 aliphatic rings. The van der Waals surface area contributed by atoms with Crippen LogP contribution in [0.25, 0.3) is 0 Å². The van der Waals surface area contributed by atoms with Crippen LogP contribution in [0.4, 0.5) is 0 Å². The highest BCUT2D eigenvalue weighted by Crippen LogP contribution is 2.08. The van der Waals surface area contributed by atoms with E-state index in [-0.39, 0.29) is 0 Å². The van der Waals surface area contributed by atoms with Crippen molar-refractivity contribution in [3.05, 3.63) is 6.92 Å². The molecule has 0 bridgehead atoms. The summed E-state index contributed by atoms with van der Waals surface area (Å²) in [6, 6.07) is 0. The molecule has 0 aromatic rings. The van der Waals surface area contributed by atoms with Crippen LogP contribution in [0.3, 0.4) is 0 Å². The summed E-state index contributed by atoms with van der Waals surface area (Å²) in [4.78, 5) is 0. The van der Waals surface area contributed by atoms with Crippen molar-refractivity contribution >= 4 is 0 Å². The van der Waals surface area contributed by atoms with E-state index in [4.69, 9.17) is 0 Å². The third-order valence-electron chi connectivity index (χ3n) is 1.48. The molecule has 0 spiro atoms. The molecule has 0 aromatic heterocycles. The molecule has 0 nitrogen and oxygen atoms in total. The van der Waals surface area contributed by atoms with E-state index in [0.29, 0.717) is 11.8 Å². The van der Waals surface area contributed by atoms with Crippen molar-refractivity contribution in [1.29, 1.82) is 0 Å². The second-order valence-electron chi connectivity index (χ2n) is 3.31. The van der Waals surface area contributed by atoms with Crippen LogP contribution in [0.1, 0.15) is 40.0 Å². The summed E-state index contributed by atoms with van der Waals surface area (Å²) in [6.45, 7) is 10.4. The molecule has 0 heteroatoms. The third kappa shape index (κ3) is 7.46. The highest BCUT2D eigenvalue weighted by Gasteiger charge is 1.99. The summed E-state index contributed by atoms with van der Waals surface area (Å²) in [5.74, 6) is 7.44. The van der Waals surface area contributed by atoms with Gasteiger partial charge in [-0.2, -0.15) is 0 Å². The molecule has 0 heterocycles. The fourth-order valence-corrected chi connectivity index (χ4v) is 1.03. The van der Waals surface area contributed by atoms with Crippen LogP contribution in [0.5, 0.6) is 0 Å². The first-order valence-corrected chi connectivity index (χ1v) is 4.48. The van der Waals surface area contributed by atoms with E-state index >= 15 is 0 Å². The van der Waals surface area contributed by atoms with Gasteiger partial charge in [0.25, 0.3) is 0 Å². The van der Waals surface area contributed by atoms with E-state index in [1.165, 1.54) is 6.42 Å². The maximum atomic E-state index is 3.94. The average molecular weight is 151 g/mol. The van der Waals surface area contributed by atoms with E-state index in [1.807, 2.05) is 0 Å². The highest BCUT2D eigenvalue weighted by atomic mass is 14.0. The Bertz CT molecular complexity index is 134. The first kappa shape index (κ1) is 10.6. The zero-order valence-electron chi connectivity index (χ0n) is 7.98. The Morgan fingerprint density at radius 2 is 2.00 bits per heavy atom. The maximum absolute atomic E-state index is 3.94. The summed E-state index contributed by atoms with van der Waals surface area (Å²) >= 11 is 0. The van der Waals surface area contributed by atoms with Crippen molar-refractivity contribution in [3.8, 4) is 11.8 Å². The standard InChI is InChI=1S/C11H19/c1-5-6-7-8-11(4)9-10(2)3/h10-11H,2,5-6,9H2,1,3-4H3. The molecule has 0 saturated carbocycles. The van der Waals surface area contributed by atoms with Gasteiger partial charge in [0, 0.05) is 12.3 Å². The number of hydrogen-bond donors (Lipinski definition) is 0. The van der Waals surface area contributed by atoms with Gasteiger partial charge < -0.3 is 0 Å². The van der Waals surface area contributed by atoms with Crippen LogP contribution in [0, 0.1) is 30.6 Å². The SMILES string of the molecule is [CH2]C(C)CC(C)C#CCCC. The lowest BCUT2D eigenvalue weighted by molar-refractivity contribution is 0.553. The van der Waals surface area contributed by atoms with E-state index in [0.717, 1.165) is 12.8 Å². The summed E-state index contributed by atoms with van der Waals surface area (Å²) in [5, 5.41) is 0. The van der Waals surface area contributed by atoms with E-state index in [9.17, 15) is 0 Å². The molecule has 0 aromatic carbocycles. The van der Waals surface area contributed by atoms with Crippen molar-refractivity contribution in [2.45, 2.75) is 40.0 Å². The summed E-state index contributed by atoms with van der Waals surface area (Å²) in [6.07, 6.45) is 3.33. The Morgan fingerprint density at radius 3 is 2.45 bits per heavy atom. The fraction of sp³-hybridized carbons (Fsp3) is 0.727. The van der Waals surface area contributed by atoms with Gasteiger partial charge in [0.1, 0.15) is 0 Å². The summed E-state index contributed by atoms with van der Waals surface area (Å²) < 4.78 is 0. The molecule has 1 radical (unpaired) electrons. The third-order valence-corrected chi connectivity index (χ3v) is 1.48. The van der Waals surface area contributed by atoms with Crippen LogP contribution in [-0.4, -0.2) is 0 Å². The molecule has 63 valence electrons. The largest absolute Gasteiger partial charge is 0.103 e. The first-order chi connectivity index (χ1) is 5.16. The van der Waals surface area contributed by atoms with Crippen molar-refractivity contribution < 1.29 is 0 Å². The quantitative estimate of drug-likeness (QED) is 0.543. The predicted octanol–water partition coefficient (Wildman–Crippen LogP) is 3.29. The van der Waals surface area contributed by atoms with E-state index in [1.54, 1.807) is 0 Å². The van der Waals surface area contributed by atoms with Crippen molar-refractivity contribution in [1.82, 2.24) is 0 Å². The Balaban J connectivity index is 3.52. The van der Waals surface area contributed by atoms with Crippen LogP contribution < -0.4 is 0 Å². The van der Waals surface area contributed by atoms with Crippen molar-refractivity contribution in [2.75, 3.05) is 0 Å². The summed E-state index contributed by atoms with van der Waals surface area (Å²) in [7, 11) is 0. The van der Waals surface area contributed by atoms with E-state index < -0.39 is 0 Å². The van der Waals surface area contributed by atoms with Gasteiger partial charge in [-0.1, -0.05) is 27.7 Å². The number of unbranched alkanes of at least 4 members (excludes halogenated alkanes) is 1. The van der Waals surface area contributed by atoms with Crippen molar-refractivity contribution in [2.24, 2.45) is 11.8 Å². The minimum Gasteiger partial charge on any atom is -0.103 e. The molecule has 0 fully saturated rings. The molecule has 0 aliphatic carbocycles. The first-order valence-electron chi connectivity index (χ1n) is 4.48. The minimum atomic E-state index is 0.522. The van der Waals surface area contributed by atoms with Crippen LogP contribution in [0.2, 0.25) is 0 Å². The number of rotatable bonds is 3. The zero-order valence-corrected chi connectivity index (χ0v) is 7.98. The van der Waals surface area contributed by atoms with E-state index in [2.05, 4.69) is 39.5 Å². The molecule has 0 saturated heterocycles. The van der Waals surface area contributed by atoms with Gasteiger partial charge in [0.15, 0.2) is 0 Å².